The number of aldehydes is 1. The summed E-state index contributed by atoms with van der Waals surface area (Å²) in [5.41, 5.74) is 2.50. The zero-order valence-corrected chi connectivity index (χ0v) is 19.7. The van der Waals surface area contributed by atoms with E-state index in [2.05, 4.69) is 31.2 Å². The van der Waals surface area contributed by atoms with E-state index in [1.807, 2.05) is 24.3 Å². The lowest BCUT2D eigenvalue weighted by atomic mass is 10.0. The number of hydrogen-bond acceptors (Lipinski definition) is 3. The Bertz CT molecular complexity index is 660. The Balaban J connectivity index is 2.46. The zero-order chi connectivity index (χ0) is 22.6. The normalized spacial score (nSPS) is 12.5. The number of benzene rings is 1. The first-order chi connectivity index (χ1) is 15.2. The molecule has 0 spiro atoms. The number of hydrogen-bond donors (Lipinski definition) is 0. The van der Waals surface area contributed by atoms with Crippen molar-refractivity contribution >= 4 is 18.3 Å². The molecule has 0 fully saturated rings. The summed E-state index contributed by atoms with van der Waals surface area (Å²) in [7, 11) is 0. The topological polar surface area (TPSA) is 43.4 Å². The third kappa shape index (κ3) is 14.5. The van der Waals surface area contributed by atoms with Gasteiger partial charge in [0.15, 0.2) is 0 Å². The van der Waals surface area contributed by atoms with Crippen LogP contribution in [0.2, 0.25) is 0 Å². The molecule has 172 valence electrons. The highest BCUT2D eigenvalue weighted by atomic mass is 16.5. The van der Waals surface area contributed by atoms with Crippen molar-refractivity contribution in [1.82, 2.24) is 0 Å². The van der Waals surface area contributed by atoms with Gasteiger partial charge in [0, 0.05) is 13.3 Å². The Morgan fingerprint density at radius 3 is 2.35 bits per heavy atom. The molecule has 3 nitrogen and oxygen atoms in total. The van der Waals surface area contributed by atoms with E-state index in [4.69, 9.17) is 4.74 Å². The number of carbonyl (C=O) groups excluding carboxylic acids is 2. The molecule has 3 heteroatoms. The maximum absolute atomic E-state index is 11.4. The van der Waals surface area contributed by atoms with Crippen molar-refractivity contribution in [3.05, 3.63) is 53.6 Å². The van der Waals surface area contributed by atoms with Crippen LogP contribution in [-0.2, 0) is 20.7 Å². The van der Waals surface area contributed by atoms with Crippen LogP contribution in [0.5, 0.6) is 0 Å². The number of carbonyl (C=O) groups is 2. The second-order valence-corrected chi connectivity index (χ2v) is 8.27. The second kappa shape index (κ2) is 18.6. The molecule has 0 amide bonds. The molecule has 0 aliphatic carbocycles. The van der Waals surface area contributed by atoms with Crippen molar-refractivity contribution in [2.24, 2.45) is 0 Å². The predicted octanol–water partition coefficient (Wildman–Crippen LogP) is 7.63. The second-order valence-electron chi connectivity index (χ2n) is 8.27. The van der Waals surface area contributed by atoms with Gasteiger partial charge in [0.1, 0.15) is 12.4 Å². The lowest BCUT2D eigenvalue weighted by Gasteiger charge is -2.12. The Labute approximate surface area is 190 Å². The molecule has 0 bridgehead atoms. The number of rotatable bonds is 18. The molecule has 0 aliphatic rings. The van der Waals surface area contributed by atoms with Crippen molar-refractivity contribution in [2.45, 2.75) is 103 Å². The van der Waals surface area contributed by atoms with Crippen LogP contribution in [0, 0.1) is 0 Å². The van der Waals surface area contributed by atoms with Crippen LogP contribution in [0.1, 0.15) is 102 Å². The Kier molecular flexibility index (Phi) is 16.1. The number of ether oxygens (including phenoxy) is 1. The van der Waals surface area contributed by atoms with E-state index in [0.29, 0.717) is 6.42 Å². The summed E-state index contributed by atoms with van der Waals surface area (Å²) in [6, 6.07) is 8.36. The van der Waals surface area contributed by atoms with E-state index in [1.54, 1.807) is 0 Å². The SMILES string of the molecule is CCCCCCCCCC[C@@H](/C=C/C=C/c1ccccc1CCCCC=O)OC(C)=O. The van der Waals surface area contributed by atoms with Crippen LogP contribution >= 0.6 is 0 Å². The van der Waals surface area contributed by atoms with E-state index in [-0.39, 0.29) is 12.1 Å². The van der Waals surface area contributed by atoms with Gasteiger partial charge in [0.2, 0.25) is 0 Å². The minimum absolute atomic E-state index is 0.152. The summed E-state index contributed by atoms with van der Waals surface area (Å²) in [4.78, 5) is 21.9. The van der Waals surface area contributed by atoms with Crippen LogP contribution in [0.3, 0.4) is 0 Å². The number of unbranched alkanes of at least 4 members (excludes halogenated alkanes) is 9. The van der Waals surface area contributed by atoms with Crippen LogP contribution < -0.4 is 0 Å². The summed E-state index contributed by atoms with van der Waals surface area (Å²) >= 11 is 0. The van der Waals surface area contributed by atoms with Crippen LogP contribution in [0.25, 0.3) is 6.08 Å². The molecular formula is C28H42O3. The molecule has 0 radical (unpaired) electrons. The molecule has 31 heavy (non-hydrogen) atoms. The van der Waals surface area contributed by atoms with E-state index >= 15 is 0 Å². The van der Waals surface area contributed by atoms with Crippen molar-refractivity contribution in [3.63, 3.8) is 0 Å². The van der Waals surface area contributed by atoms with Crippen molar-refractivity contribution in [2.75, 3.05) is 0 Å². The van der Waals surface area contributed by atoms with Crippen LogP contribution in [0.4, 0.5) is 0 Å². The molecule has 0 heterocycles. The largest absolute Gasteiger partial charge is 0.458 e. The number of aryl methyl sites for hydroxylation is 1. The molecule has 1 aromatic rings. The van der Waals surface area contributed by atoms with Crippen LogP contribution in [0.15, 0.2) is 42.5 Å². The van der Waals surface area contributed by atoms with Gasteiger partial charge >= 0.3 is 5.97 Å². The van der Waals surface area contributed by atoms with Crippen molar-refractivity contribution in [3.8, 4) is 0 Å². The average molecular weight is 427 g/mol. The number of esters is 1. The van der Waals surface area contributed by atoms with Gasteiger partial charge in [-0.2, -0.15) is 0 Å². The molecular weight excluding hydrogens is 384 g/mol. The smallest absolute Gasteiger partial charge is 0.303 e. The van der Waals surface area contributed by atoms with Gasteiger partial charge in [0.05, 0.1) is 0 Å². The predicted molar refractivity (Wildman–Crippen MR) is 131 cm³/mol. The summed E-state index contributed by atoms with van der Waals surface area (Å²) in [5, 5.41) is 0. The van der Waals surface area contributed by atoms with Crippen molar-refractivity contribution < 1.29 is 14.3 Å². The molecule has 1 aromatic carbocycles. The molecule has 0 aromatic heterocycles. The molecule has 1 rings (SSSR count). The molecule has 0 saturated heterocycles. The highest BCUT2D eigenvalue weighted by molar-refractivity contribution is 5.66. The Hall–Kier alpha value is -2.16. The van der Waals surface area contributed by atoms with Gasteiger partial charge in [-0.15, -0.1) is 0 Å². The van der Waals surface area contributed by atoms with Gasteiger partial charge in [-0.05, 0) is 49.3 Å². The quantitative estimate of drug-likeness (QED) is 0.105. The molecule has 0 aliphatic heterocycles. The zero-order valence-electron chi connectivity index (χ0n) is 19.7. The maximum atomic E-state index is 11.4. The number of allylic oxidation sites excluding steroid dienone is 2. The van der Waals surface area contributed by atoms with Gasteiger partial charge in [-0.25, -0.2) is 0 Å². The lowest BCUT2D eigenvalue weighted by Crippen LogP contribution is -2.13. The maximum Gasteiger partial charge on any atom is 0.303 e. The van der Waals surface area contributed by atoms with E-state index in [1.165, 1.54) is 63.0 Å². The summed E-state index contributed by atoms with van der Waals surface area (Å²) in [6.45, 7) is 3.72. The Morgan fingerprint density at radius 1 is 0.935 bits per heavy atom. The highest BCUT2D eigenvalue weighted by Gasteiger charge is 2.07. The van der Waals surface area contributed by atoms with Gasteiger partial charge in [-0.1, -0.05) is 94.4 Å². The van der Waals surface area contributed by atoms with Gasteiger partial charge < -0.3 is 9.53 Å². The first-order valence-electron chi connectivity index (χ1n) is 12.2. The lowest BCUT2D eigenvalue weighted by molar-refractivity contribution is -0.144. The van der Waals surface area contributed by atoms with Gasteiger partial charge in [-0.3, -0.25) is 4.79 Å². The standard InChI is InChI=1S/C28H42O3/c1-3-4-5-6-7-8-9-12-22-28(31-25(2)30)23-16-15-21-27-20-14-13-19-26(27)18-11-10-17-24-29/h13-16,19-21,23-24,28H,3-12,17-18,22H2,1-2H3/b21-15+,23-16+/t28-/m0/s1. The third-order valence-corrected chi connectivity index (χ3v) is 5.45. The van der Waals surface area contributed by atoms with E-state index in [0.717, 1.165) is 38.4 Å². The molecule has 0 N–H and O–H groups in total. The molecule has 0 saturated carbocycles. The first-order valence-corrected chi connectivity index (χ1v) is 12.2. The average Bonchev–Trinajstić information content (AvgIpc) is 2.76. The summed E-state index contributed by atoms with van der Waals surface area (Å²) in [6.07, 6.45) is 23.6. The Morgan fingerprint density at radius 2 is 1.65 bits per heavy atom. The fraction of sp³-hybridized carbons (Fsp3) is 0.571. The van der Waals surface area contributed by atoms with E-state index < -0.39 is 0 Å². The van der Waals surface area contributed by atoms with Gasteiger partial charge in [0.25, 0.3) is 0 Å². The monoisotopic (exact) mass is 426 g/mol. The fourth-order valence-corrected chi connectivity index (χ4v) is 3.70. The summed E-state index contributed by atoms with van der Waals surface area (Å²) < 4.78 is 5.47. The van der Waals surface area contributed by atoms with E-state index in [9.17, 15) is 9.59 Å². The molecule has 1 atom stereocenters. The first kappa shape index (κ1) is 26.9. The van der Waals surface area contributed by atoms with Crippen molar-refractivity contribution in [1.29, 1.82) is 0 Å². The summed E-state index contributed by atoms with van der Waals surface area (Å²) in [5.74, 6) is -0.223. The highest BCUT2D eigenvalue weighted by Crippen LogP contribution is 2.15. The fourth-order valence-electron chi connectivity index (χ4n) is 3.70. The minimum Gasteiger partial charge on any atom is -0.458 e. The third-order valence-electron chi connectivity index (χ3n) is 5.45. The minimum atomic E-state index is -0.223. The molecule has 0 unspecified atom stereocenters. The van der Waals surface area contributed by atoms with Crippen LogP contribution in [-0.4, -0.2) is 18.4 Å².